The molecule has 2 aliphatic rings. The molecule has 9 aromatic rings. The van der Waals surface area contributed by atoms with Gasteiger partial charge in [-0.3, -0.25) is 9.97 Å². The molecular formula is C48H32N4. The van der Waals surface area contributed by atoms with Gasteiger partial charge in [-0.05, 0) is 113 Å². The number of aromatic nitrogens is 4. The van der Waals surface area contributed by atoms with Crippen molar-refractivity contribution in [3.63, 3.8) is 0 Å². The molecule has 2 aliphatic carbocycles. The number of rotatable bonds is 3. The van der Waals surface area contributed by atoms with E-state index in [1.54, 1.807) is 0 Å². The molecule has 5 aromatic carbocycles. The lowest BCUT2D eigenvalue weighted by molar-refractivity contribution is 0.795. The minimum absolute atomic E-state index is 0.402. The maximum atomic E-state index is 5.17. The zero-order valence-electron chi connectivity index (χ0n) is 28.8. The predicted octanol–water partition coefficient (Wildman–Crippen LogP) is 11.3. The molecule has 0 atom stereocenters. The smallest absolute Gasteiger partial charge is 0.0915 e. The van der Waals surface area contributed by atoms with Crippen LogP contribution < -0.4 is 0 Å². The van der Waals surface area contributed by atoms with E-state index in [0.717, 1.165) is 50.9 Å². The summed E-state index contributed by atoms with van der Waals surface area (Å²) >= 11 is 0. The summed E-state index contributed by atoms with van der Waals surface area (Å²) in [6.45, 7) is 4.05. The van der Waals surface area contributed by atoms with E-state index in [0.29, 0.717) is 0 Å². The van der Waals surface area contributed by atoms with Crippen LogP contribution in [-0.2, 0) is 5.41 Å². The van der Waals surface area contributed by atoms with Crippen LogP contribution >= 0.6 is 0 Å². The highest BCUT2D eigenvalue weighted by atomic mass is 15.0. The second-order valence-corrected chi connectivity index (χ2v) is 14.1. The lowest BCUT2D eigenvalue weighted by atomic mass is 9.70. The predicted molar refractivity (Wildman–Crippen MR) is 211 cm³/mol. The van der Waals surface area contributed by atoms with Gasteiger partial charge < -0.3 is 4.57 Å². The first kappa shape index (κ1) is 29.1. The molecule has 244 valence electrons. The number of hydrogen-bond acceptors (Lipinski definition) is 3. The Morgan fingerprint density at radius 2 is 0.904 bits per heavy atom. The van der Waals surface area contributed by atoms with Crippen molar-refractivity contribution < 1.29 is 0 Å². The molecule has 11 rings (SSSR count). The molecule has 0 bridgehead atoms. The van der Waals surface area contributed by atoms with Gasteiger partial charge >= 0.3 is 0 Å². The molecule has 0 aliphatic heterocycles. The summed E-state index contributed by atoms with van der Waals surface area (Å²) in [5.41, 5.74) is 18.7. The van der Waals surface area contributed by atoms with Crippen LogP contribution in [0.3, 0.4) is 0 Å². The van der Waals surface area contributed by atoms with Gasteiger partial charge in [-0.1, -0.05) is 103 Å². The first-order valence-corrected chi connectivity index (χ1v) is 17.9. The van der Waals surface area contributed by atoms with E-state index >= 15 is 0 Å². The van der Waals surface area contributed by atoms with Crippen molar-refractivity contribution in [1.82, 2.24) is 19.5 Å². The Morgan fingerprint density at radius 1 is 0.385 bits per heavy atom. The molecule has 0 saturated carbocycles. The van der Waals surface area contributed by atoms with Crippen LogP contribution in [0.2, 0.25) is 0 Å². The summed E-state index contributed by atoms with van der Waals surface area (Å²) in [4.78, 5) is 15.0. The Morgan fingerprint density at radius 3 is 1.48 bits per heavy atom. The van der Waals surface area contributed by atoms with Gasteiger partial charge in [0.1, 0.15) is 0 Å². The van der Waals surface area contributed by atoms with Crippen LogP contribution in [0.15, 0.2) is 158 Å². The average molecular weight is 665 g/mol. The van der Waals surface area contributed by atoms with Gasteiger partial charge in [0.2, 0.25) is 0 Å². The maximum Gasteiger partial charge on any atom is 0.0915 e. The maximum absolute atomic E-state index is 5.17. The van der Waals surface area contributed by atoms with E-state index in [2.05, 4.69) is 126 Å². The average Bonchev–Trinajstić information content (AvgIpc) is 3.78. The molecule has 52 heavy (non-hydrogen) atoms. The Labute approximate surface area is 301 Å². The van der Waals surface area contributed by atoms with Crippen LogP contribution in [0.5, 0.6) is 0 Å². The number of fused-ring (bicyclic) bond motifs is 13. The van der Waals surface area contributed by atoms with Gasteiger partial charge in [0.05, 0.1) is 44.9 Å². The molecule has 4 heteroatoms. The molecule has 0 amide bonds. The minimum Gasteiger partial charge on any atom is -0.309 e. The number of para-hydroxylation sites is 1. The van der Waals surface area contributed by atoms with Gasteiger partial charge in [0.25, 0.3) is 0 Å². The van der Waals surface area contributed by atoms with Gasteiger partial charge in [-0.15, -0.1) is 0 Å². The first-order chi connectivity index (χ1) is 25.6. The van der Waals surface area contributed by atoms with E-state index in [4.69, 9.17) is 15.0 Å². The normalized spacial score (nSPS) is 13.3. The van der Waals surface area contributed by atoms with E-state index < -0.39 is 5.41 Å². The second-order valence-electron chi connectivity index (χ2n) is 14.1. The lowest BCUT2D eigenvalue weighted by Crippen LogP contribution is -2.25. The van der Waals surface area contributed by atoms with E-state index in [1.807, 2.05) is 50.2 Å². The van der Waals surface area contributed by atoms with Crippen molar-refractivity contribution in [1.29, 1.82) is 0 Å². The third kappa shape index (κ3) is 3.89. The Hall–Kier alpha value is -6.65. The van der Waals surface area contributed by atoms with E-state index in [1.165, 1.54) is 55.3 Å². The van der Waals surface area contributed by atoms with Gasteiger partial charge in [-0.25, -0.2) is 4.98 Å². The summed E-state index contributed by atoms with van der Waals surface area (Å²) < 4.78 is 2.41. The SMILES string of the molecule is Cc1cccc(-c2cc(-n3c4ccccc4c4cc5c(cc43)-c3ccccc3C53c4ccccc4-c4ccccc43)cc(-c3cccc(C)n3)n2)n1. The fraction of sp³-hybridized carbons (Fsp3) is 0.0625. The van der Waals surface area contributed by atoms with Crippen molar-refractivity contribution in [3.8, 4) is 50.7 Å². The molecule has 1 spiro atoms. The molecule has 4 aromatic heterocycles. The first-order valence-electron chi connectivity index (χ1n) is 17.9. The topological polar surface area (TPSA) is 43.6 Å². The van der Waals surface area contributed by atoms with E-state index in [-0.39, 0.29) is 0 Å². The zero-order chi connectivity index (χ0) is 34.6. The van der Waals surface area contributed by atoms with Crippen molar-refractivity contribution in [2.75, 3.05) is 0 Å². The lowest BCUT2D eigenvalue weighted by Gasteiger charge is -2.30. The van der Waals surface area contributed by atoms with Crippen LogP contribution in [0.4, 0.5) is 0 Å². The van der Waals surface area contributed by atoms with Crippen molar-refractivity contribution in [3.05, 3.63) is 191 Å². The summed E-state index contributed by atoms with van der Waals surface area (Å²) in [6.07, 6.45) is 0. The minimum atomic E-state index is -0.402. The number of nitrogens with zero attached hydrogens (tertiary/aromatic N) is 4. The monoisotopic (exact) mass is 664 g/mol. The highest BCUT2D eigenvalue weighted by Crippen LogP contribution is 2.63. The quantitative estimate of drug-likeness (QED) is 0.189. The number of aryl methyl sites for hydroxylation is 2. The molecule has 4 nitrogen and oxygen atoms in total. The van der Waals surface area contributed by atoms with Gasteiger partial charge in [-0.2, -0.15) is 0 Å². The van der Waals surface area contributed by atoms with E-state index in [9.17, 15) is 0 Å². The highest BCUT2D eigenvalue weighted by Gasteiger charge is 2.51. The zero-order valence-corrected chi connectivity index (χ0v) is 28.8. The molecule has 0 unspecified atom stereocenters. The molecule has 0 saturated heterocycles. The van der Waals surface area contributed by atoms with Gasteiger partial charge in [0, 0.05) is 22.2 Å². The summed E-state index contributed by atoms with van der Waals surface area (Å²) in [5, 5.41) is 2.44. The molecule has 0 fully saturated rings. The number of pyridine rings is 3. The third-order valence-corrected chi connectivity index (χ3v) is 11.2. The second kappa shape index (κ2) is 10.7. The van der Waals surface area contributed by atoms with Crippen LogP contribution in [0, 0.1) is 13.8 Å². The fourth-order valence-corrected chi connectivity index (χ4v) is 9.11. The molecular weight excluding hydrogens is 633 g/mol. The molecule has 0 radical (unpaired) electrons. The van der Waals surface area contributed by atoms with Crippen molar-refractivity contribution >= 4 is 21.8 Å². The third-order valence-electron chi connectivity index (χ3n) is 11.2. The van der Waals surface area contributed by atoms with Crippen LogP contribution in [-0.4, -0.2) is 19.5 Å². The Balaban J connectivity index is 1.25. The fourth-order valence-electron chi connectivity index (χ4n) is 9.11. The standard InChI is InChI=1S/C48H32N4/c1-29-13-11-22-42(49-29)44-25-31(26-45(51-44)43-23-12-14-30(2)50-43)52-46-24-10-6-18-35(46)37-27-41-36(28-47(37)52)34-17-5-9-21-40(34)48(41)38-19-7-3-15-32(38)33-16-4-8-20-39(33)48/h3-28H,1-2H3. The summed E-state index contributed by atoms with van der Waals surface area (Å²) in [6, 6.07) is 57.3. The van der Waals surface area contributed by atoms with Gasteiger partial charge in [0.15, 0.2) is 0 Å². The Kier molecular flexibility index (Phi) is 5.98. The summed E-state index contributed by atoms with van der Waals surface area (Å²) in [7, 11) is 0. The molecule has 4 heterocycles. The largest absolute Gasteiger partial charge is 0.309 e. The van der Waals surface area contributed by atoms with Crippen LogP contribution in [0.25, 0.3) is 72.5 Å². The number of benzene rings is 5. The van der Waals surface area contributed by atoms with Crippen molar-refractivity contribution in [2.24, 2.45) is 0 Å². The Bertz CT molecular complexity index is 2840. The van der Waals surface area contributed by atoms with Crippen molar-refractivity contribution in [2.45, 2.75) is 19.3 Å². The number of hydrogen-bond donors (Lipinski definition) is 0. The molecule has 0 N–H and O–H groups in total. The summed E-state index contributed by atoms with van der Waals surface area (Å²) in [5.74, 6) is 0. The highest BCUT2D eigenvalue weighted by molar-refractivity contribution is 6.12. The van der Waals surface area contributed by atoms with Crippen LogP contribution in [0.1, 0.15) is 33.6 Å².